The Kier molecular flexibility index (Phi) is 4.91. The average molecular weight is 270 g/mol. The summed E-state index contributed by atoms with van der Waals surface area (Å²) in [6, 6.07) is 8.96. The van der Waals surface area contributed by atoms with Crippen molar-refractivity contribution >= 4 is 12.0 Å². The van der Waals surface area contributed by atoms with Crippen LogP contribution in [0.2, 0.25) is 0 Å². The molecule has 2 rings (SSSR count). The lowest BCUT2D eigenvalue weighted by atomic mass is 9.92. The zero-order valence-corrected chi connectivity index (χ0v) is 11.2. The van der Waals surface area contributed by atoms with Crippen LogP contribution >= 0.6 is 0 Å². The summed E-state index contributed by atoms with van der Waals surface area (Å²) in [6.07, 6.45) is 6.30. The first-order valence-electron chi connectivity index (χ1n) is 6.86. The van der Waals surface area contributed by atoms with Gasteiger partial charge in [0, 0.05) is 6.08 Å². The monoisotopic (exact) mass is 270 g/mol. The van der Waals surface area contributed by atoms with Gasteiger partial charge in [0.1, 0.15) is 0 Å². The van der Waals surface area contributed by atoms with Gasteiger partial charge in [0.05, 0.1) is 23.8 Å². The number of nitriles is 1. The molecule has 1 saturated carbocycles. The lowest BCUT2D eigenvalue weighted by molar-refractivity contribution is -0.118. The fourth-order valence-electron chi connectivity index (χ4n) is 2.39. The molecule has 0 saturated heterocycles. The maximum atomic E-state index is 11.8. The first kappa shape index (κ1) is 14.3. The summed E-state index contributed by atoms with van der Waals surface area (Å²) in [5.74, 6) is -0.210. The second kappa shape index (κ2) is 6.88. The molecule has 1 aliphatic rings. The summed E-state index contributed by atoms with van der Waals surface area (Å²) >= 11 is 0. The molecule has 1 aromatic carbocycles. The van der Waals surface area contributed by atoms with E-state index < -0.39 is 6.10 Å². The lowest BCUT2D eigenvalue weighted by Crippen LogP contribution is -2.44. The van der Waals surface area contributed by atoms with Gasteiger partial charge in [-0.25, -0.2) is 0 Å². The van der Waals surface area contributed by atoms with Crippen molar-refractivity contribution in [3.63, 3.8) is 0 Å². The predicted octanol–water partition coefficient (Wildman–Crippen LogP) is 1.99. The van der Waals surface area contributed by atoms with Crippen LogP contribution in [0.1, 0.15) is 36.8 Å². The normalized spacial score (nSPS) is 22.4. The molecule has 0 unspecified atom stereocenters. The summed E-state index contributed by atoms with van der Waals surface area (Å²) in [4.78, 5) is 11.8. The van der Waals surface area contributed by atoms with E-state index >= 15 is 0 Å². The number of nitrogens with zero attached hydrogens (tertiary/aromatic N) is 1. The van der Waals surface area contributed by atoms with E-state index in [4.69, 9.17) is 5.26 Å². The molecule has 4 heteroatoms. The lowest BCUT2D eigenvalue weighted by Gasteiger charge is -2.27. The Hall–Kier alpha value is -2.12. The number of nitrogens with one attached hydrogen (secondary N) is 1. The van der Waals surface area contributed by atoms with E-state index in [1.54, 1.807) is 24.3 Å². The van der Waals surface area contributed by atoms with E-state index in [-0.39, 0.29) is 11.9 Å². The Balaban J connectivity index is 1.93. The van der Waals surface area contributed by atoms with Crippen LogP contribution in [0, 0.1) is 11.3 Å². The van der Waals surface area contributed by atoms with Gasteiger partial charge >= 0.3 is 0 Å². The maximum absolute atomic E-state index is 11.8. The van der Waals surface area contributed by atoms with Gasteiger partial charge in [0.15, 0.2) is 0 Å². The molecule has 0 radical (unpaired) electrons. The molecule has 0 spiro atoms. The van der Waals surface area contributed by atoms with Gasteiger partial charge < -0.3 is 10.4 Å². The van der Waals surface area contributed by atoms with Gasteiger partial charge in [-0.3, -0.25) is 4.79 Å². The van der Waals surface area contributed by atoms with Crippen molar-refractivity contribution in [2.24, 2.45) is 0 Å². The number of amides is 1. The van der Waals surface area contributed by atoms with Crippen LogP contribution in [-0.4, -0.2) is 23.2 Å². The molecule has 0 aromatic heterocycles. The number of hydrogen-bond donors (Lipinski definition) is 2. The van der Waals surface area contributed by atoms with Crippen LogP contribution < -0.4 is 5.32 Å². The van der Waals surface area contributed by atoms with E-state index in [1.807, 2.05) is 6.07 Å². The van der Waals surface area contributed by atoms with E-state index in [2.05, 4.69) is 11.4 Å². The molecular formula is C16H18N2O2. The van der Waals surface area contributed by atoms with Crippen molar-refractivity contribution in [1.82, 2.24) is 5.32 Å². The standard InChI is InChI=1S/C16H18N2O2/c17-11-13-5-3-4-12(10-13)8-9-16(20)18-14-6-1-2-7-15(14)19/h3-5,8-10,14-15,19H,1-2,6-7H2,(H,18,20)/b9-8+/t14-,15-/m1/s1. The summed E-state index contributed by atoms with van der Waals surface area (Å²) in [5.41, 5.74) is 1.37. The Morgan fingerprint density at radius 2 is 2.20 bits per heavy atom. The number of benzene rings is 1. The number of carbonyl (C=O) groups excluding carboxylic acids is 1. The highest BCUT2D eigenvalue weighted by molar-refractivity contribution is 5.92. The third-order valence-electron chi connectivity index (χ3n) is 3.50. The third kappa shape index (κ3) is 3.94. The molecule has 20 heavy (non-hydrogen) atoms. The van der Waals surface area contributed by atoms with Crippen LogP contribution in [0.25, 0.3) is 6.08 Å². The molecular weight excluding hydrogens is 252 g/mol. The van der Waals surface area contributed by atoms with Crippen molar-refractivity contribution in [3.05, 3.63) is 41.5 Å². The molecule has 0 bridgehead atoms. The maximum Gasteiger partial charge on any atom is 0.244 e. The Morgan fingerprint density at radius 1 is 1.40 bits per heavy atom. The SMILES string of the molecule is N#Cc1cccc(/C=C/C(=O)N[C@@H]2CCCC[C@H]2O)c1. The molecule has 1 fully saturated rings. The summed E-state index contributed by atoms with van der Waals surface area (Å²) in [5, 5.41) is 21.4. The Labute approximate surface area is 118 Å². The molecule has 104 valence electrons. The number of aliphatic hydroxyl groups is 1. The van der Waals surface area contributed by atoms with E-state index in [1.165, 1.54) is 6.08 Å². The highest BCUT2D eigenvalue weighted by Crippen LogP contribution is 2.18. The Morgan fingerprint density at radius 3 is 2.95 bits per heavy atom. The van der Waals surface area contributed by atoms with Gasteiger partial charge in [0.25, 0.3) is 0 Å². The number of carbonyl (C=O) groups is 1. The van der Waals surface area contributed by atoms with E-state index in [0.29, 0.717) is 5.56 Å². The first-order valence-corrected chi connectivity index (χ1v) is 6.86. The van der Waals surface area contributed by atoms with Crippen LogP contribution in [-0.2, 0) is 4.79 Å². The van der Waals surface area contributed by atoms with Crippen LogP contribution in [0.4, 0.5) is 0 Å². The Bertz CT molecular complexity index is 546. The minimum atomic E-state index is -0.442. The molecule has 0 aliphatic heterocycles. The second-order valence-corrected chi connectivity index (χ2v) is 5.04. The van der Waals surface area contributed by atoms with Crippen LogP contribution in [0.15, 0.2) is 30.3 Å². The largest absolute Gasteiger partial charge is 0.391 e. The van der Waals surface area contributed by atoms with Crippen molar-refractivity contribution < 1.29 is 9.90 Å². The number of rotatable bonds is 3. The second-order valence-electron chi connectivity index (χ2n) is 5.04. The smallest absolute Gasteiger partial charge is 0.244 e. The average Bonchev–Trinajstić information content (AvgIpc) is 2.48. The molecule has 2 N–H and O–H groups in total. The minimum absolute atomic E-state index is 0.147. The summed E-state index contributed by atoms with van der Waals surface area (Å²) in [6.45, 7) is 0. The van der Waals surface area contributed by atoms with Gasteiger partial charge in [0.2, 0.25) is 5.91 Å². The molecule has 0 heterocycles. The van der Waals surface area contributed by atoms with Gasteiger partial charge in [-0.1, -0.05) is 25.0 Å². The zero-order valence-electron chi connectivity index (χ0n) is 11.2. The number of hydrogen-bond acceptors (Lipinski definition) is 3. The molecule has 1 aromatic rings. The van der Waals surface area contributed by atoms with Crippen molar-refractivity contribution in [2.45, 2.75) is 37.8 Å². The molecule has 1 amide bonds. The van der Waals surface area contributed by atoms with Crippen molar-refractivity contribution in [2.75, 3.05) is 0 Å². The number of aliphatic hydroxyl groups excluding tert-OH is 1. The fourth-order valence-corrected chi connectivity index (χ4v) is 2.39. The zero-order chi connectivity index (χ0) is 14.4. The van der Waals surface area contributed by atoms with Gasteiger partial charge in [-0.15, -0.1) is 0 Å². The highest BCUT2D eigenvalue weighted by Gasteiger charge is 2.23. The van der Waals surface area contributed by atoms with Crippen molar-refractivity contribution in [1.29, 1.82) is 5.26 Å². The predicted molar refractivity (Wildman–Crippen MR) is 76.6 cm³/mol. The highest BCUT2D eigenvalue weighted by atomic mass is 16.3. The minimum Gasteiger partial charge on any atom is -0.391 e. The third-order valence-corrected chi connectivity index (χ3v) is 3.50. The first-order chi connectivity index (χ1) is 9.69. The summed E-state index contributed by atoms with van der Waals surface area (Å²) < 4.78 is 0. The van der Waals surface area contributed by atoms with E-state index in [9.17, 15) is 9.90 Å². The fraction of sp³-hybridized carbons (Fsp3) is 0.375. The van der Waals surface area contributed by atoms with Crippen molar-refractivity contribution in [3.8, 4) is 6.07 Å². The summed E-state index contributed by atoms with van der Waals surface area (Å²) in [7, 11) is 0. The van der Waals surface area contributed by atoms with Gasteiger partial charge in [-0.2, -0.15) is 5.26 Å². The molecule has 4 nitrogen and oxygen atoms in total. The quantitative estimate of drug-likeness (QED) is 0.825. The van der Waals surface area contributed by atoms with Crippen LogP contribution in [0.3, 0.4) is 0 Å². The van der Waals surface area contributed by atoms with Gasteiger partial charge in [-0.05, 0) is 36.6 Å². The topological polar surface area (TPSA) is 73.1 Å². The van der Waals surface area contributed by atoms with E-state index in [0.717, 1.165) is 31.2 Å². The molecule has 2 atom stereocenters. The van der Waals surface area contributed by atoms with Crippen LogP contribution in [0.5, 0.6) is 0 Å². The molecule has 1 aliphatic carbocycles.